The van der Waals surface area contributed by atoms with Gasteiger partial charge in [-0.3, -0.25) is 10.1 Å². The summed E-state index contributed by atoms with van der Waals surface area (Å²) in [7, 11) is 1.50. The van der Waals surface area contributed by atoms with Crippen molar-refractivity contribution in [2.75, 3.05) is 38.2 Å². The van der Waals surface area contributed by atoms with Crippen LogP contribution in [-0.2, 0) is 0 Å². The second-order valence-electron chi connectivity index (χ2n) is 3.97. The summed E-state index contributed by atoms with van der Waals surface area (Å²) in [6.45, 7) is 3.17. The molecule has 0 spiro atoms. The van der Waals surface area contributed by atoms with Gasteiger partial charge in [-0.15, -0.1) is 0 Å². The van der Waals surface area contributed by atoms with E-state index in [1.807, 2.05) is 4.90 Å². The molecule has 6 nitrogen and oxygen atoms in total. The highest BCUT2D eigenvalue weighted by Crippen LogP contribution is 2.39. The Labute approximate surface area is 113 Å². The number of nitrogens with one attached hydrogen (secondary N) is 1. The maximum Gasteiger partial charge on any atom is 0.297 e. The van der Waals surface area contributed by atoms with Crippen molar-refractivity contribution in [3.63, 3.8) is 0 Å². The van der Waals surface area contributed by atoms with Crippen LogP contribution >= 0.6 is 15.9 Å². The van der Waals surface area contributed by atoms with Crippen LogP contribution < -0.4 is 15.0 Å². The SMILES string of the molecule is COc1cc(Br)c(N2CCNCC2)c([N+](=O)[O-])c1. The molecule has 0 bridgehead atoms. The molecule has 18 heavy (non-hydrogen) atoms. The molecule has 0 radical (unpaired) electrons. The van der Waals surface area contributed by atoms with E-state index in [1.165, 1.54) is 13.2 Å². The summed E-state index contributed by atoms with van der Waals surface area (Å²) >= 11 is 3.40. The van der Waals surface area contributed by atoms with Gasteiger partial charge in [-0.25, -0.2) is 0 Å². The molecule has 0 aromatic heterocycles. The van der Waals surface area contributed by atoms with Gasteiger partial charge < -0.3 is 15.0 Å². The van der Waals surface area contributed by atoms with Gasteiger partial charge in [0.2, 0.25) is 0 Å². The van der Waals surface area contributed by atoms with Gasteiger partial charge in [0.1, 0.15) is 11.4 Å². The minimum Gasteiger partial charge on any atom is -0.496 e. The second kappa shape index (κ2) is 5.53. The number of rotatable bonds is 3. The monoisotopic (exact) mass is 315 g/mol. The molecular weight excluding hydrogens is 302 g/mol. The fourth-order valence-electron chi connectivity index (χ4n) is 2.02. The minimum absolute atomic E-state index is 0.0723. The van der Waals surface area contributed by atoms with E-state index >= 15 is 0 Å². The lowest BCUT2D eigenvalue weighted by molar-refractivity contribution is -0.384. The van der Waals surface area contributed by atoms with Gasteiger partial charge in [0.25, 0.3) is 5.69 Å². The lowest BCUT2D eigenvalue weighted by Gasteiger charge is -2.29. The molecule has 1 aromatic rings. The molecule has 0 aliphatic carbocycles. The van der Waals surface area contributed by atoms with Crippen LogP contribution in [0.1, 0.15) is 0 Å². The van der Waals surface area contributed by atoms with Crippen LogP contribution in [0, 0.1) is 10.1 Å². The highest BCUT2D eigenvalue weighted by Gasteiger charge is 2.25. The van der Waals surface area contributed by atoms with Gasteiger partial charge in [-0.2, -0.15) is 0 Å². The average Bonchev–Trinajstić information content (AvgIpc) is 2.38. The van der Waals surface area contributed by atoms with Crippen LogP contribution in [0.25, 0.3) is 0 Å². The highest BCUT2D eigenvalue weighted by molar-refractivity contribution is 9.10. The van der Waals surface area contributed by atoms with E-state index in [-0.39, 0.29) is 10.6 Å². The van der Waals surface area contributed by atoms with Crippen LogP contribution in [0.5, 0.6) is 5.75 Å². The number of halogens is 1. The quantitative estimate of drug-likeness (QED) is 0.680. The summed E-state index contributed by atoms with van der Waals surface area (Å²) in [4.78, 5) is 12.8. The fraction of sp³-hybridized carbons (Fsp3) is 0.455. The number of hydrogen-bond acceptors (Lipinski definition) is 5. The summed E-state index contributed by atoms with van der Waals surface area (Å²) in [5.74, 6) is 0.479. The zero-order valence-electron chi connectivity index (χ0n) is 9.98. The number of anilines is 1. The first-order chi connectivity index (χ1) is 8.63. The average molecular weight is 316 g/mol. The zero-order chi connectivity index (χ0) is 13.1. The first kappa shape index (κ1) is 13.1. The van der Waals surface area contributed by atoms with Gasteiger partial charge in [-0.1, -0.05) is 0 Å². The normalized spacial score (nSPS) is 15.6. The molecule has 98 valence electrons. The lowest BCUT2D eigenvalue weighted by Crippen LogP contribution is -2.43. The van der Waals surface area contributed by atoms with Crippen LogP contribution in [0.15, 0.2) is 16.6 Å². The number of ether oxygens (including phenoxy) is 1. The molecule has 1 fully saturated rings. The fourth-order valence-corrected chi connectivity index (χ4v) is 2.70. The smallest absolute Gasteiger partial charge is 0.297 e. The van der Waals surface area contributed by atoms with E-state index in [0.29, 0.717) is 15.9 Å². The Balaban J connectivity index is 2.46. The molecule has 7 heteroatoms. The van der Waals surface area contributed by atoms with Crippen molar-refractivity contribution in [1.82, 2.24) is 5.32 Å². The second-order valence-corrected chi connectivity index (χ2v) is 4.83. The minimum atomic E-state index is -0.370. The summed E-state index contributed by atoms with van der Waals surface area (Å²) in [5.41, 5.74) is 0.699. The van der Waals surface area contributed by atoms with E-state index in [4.69, 9.17) is 4.74 Å². The van der Waals surface area contributed by atoms with Gasteiger partial charge in [0.05, 0.1) is 22.6 Å². The molecule has 1 saturated heterocycles. The van der Waals surface area contributed by atoms with Crippen LogP contribution in [0.3, 0.4) is 0 Å². The first-order valence-corrected chi connectivity index (χ1v) is 6.40. The van der Waals surface area contributed by atoms with Crippen molar-refractivity contribution >= 4 is 27.3 Å². The topological polar surface area (TPSA) is 67.6 Å². The van der Waals surface area contributed by atoms with E-state index in [1.54, 1.807) is 6.07 Å². The molecular formula is C11H14BrN3O3. The molecule has 1 aromatic carbocycles. The van der Waals surface area contributed by atoms with Crippen LogP contribution in [0.2, 0.25) is 0 Å². The standard InChI is InChI=1S/C11H14BrN3O3/c1-18-8-6-9(12)11(10(7-8)15(16)17)14-4-2-13-3-5-14/h6-7,13H,2-5H2,1H3. The molecule has 1 N–H and O–H groups in total. The van der Waals surface area contributed by atoms with Crippen molar-refractivity contribution in [1.29, 1.82) is 0 Å². The third-order valence-corrected chi connectivity index (χ3v) is 3.49. The Hall–Kier alpha value is -1.34. The zero-order valence-corrected chi connectivity index (χ0v) is 11.6. The largest absolute Gasteiger partial charge is 0.496 e. The molecule has 0 saturated carbocycles. The van der Waals surface area contributed by atoms with Crippen molar-refractivity contribution in [2.45, 2.75) is 0 Å². The Morgan fingerprint density at radius 1 is 1.44 bits per heavy atom. The molecule has 0 amide bonds. The van der Waals surface area contributed by atoms with E-state index in [0.717, 1.165) is 26.2 Å². The van der Waals surface area contributed by atoms with Crippen molar-refractivity contribution in [3.8, 4) is 5.75 Å². The van der Waals surface area contributed by atoms with Crippen molar-refractivity contribution < 1.29 is 9.66 Å². The number of benzene rings is 1. The number of nitro benzene ring substituents is 1. The number of methoxy groups -OCH3 is 1. The van der Waals surface area contributed by atoms with Crippen LogP contribution in [0.4, 0.5) is 11.4 Å². The summed E-state index contributed by atoms with van der Waals surface area (Å²) in [5, 5.41) is 14.4. The number of hydrogen-bond donors (Lipinski definition) is 1. The molecule has 1 aliphatic heterocycles. The molecule has 0 atom stereocenters. The number of piperazine rings is 1. The Kier molecular flexibility index (Phi) is 4.03. The van der Waals surface area contributed by atoms with Gasteiger partial charge >= 0.3 is 0 Å². The summed E-state index contributed by atoms with van der Waals surface area (Å²) in [6, 6.07) is 3.21. The predicted molar refractivity (Wildman–Crippen MR) is 72.4 cm³/mol. The summed E-state index contributed by atoms with van der Waals surface area (Å²) < 4.78 is 5.75. The number of nitrogens with zero attached hydrogens (tertiary/aromatic N) is 2. The van der Waals surface area contributed by atoms with E-state index in [2.05, 4.69) is 21.2 Å². The first-order valence-electron chi connectivity index (χ1n) is 5.61. The van der Waals surface area contributed by atoms with E-state index < -0.39 is 0 Å². The third-order valence-electron chi connectivity index (χ3n) is 2.88. The third kappa shape index (κ3) is 2.56. The van der Waals surface area contributed by atoms with Gasteiger partial charge in [0, 0.05) is 26.2 Å². The molecule has 0 unspecified atom stereocenters. The van der Waals surface area contributed by atoms with E-state index in [9.17, 15) is 10.1 Å². The lowest BCUT2D eigenvalue weighted by atomic mass is 10.2. The Bertz CT molecular complexity index is 461. The molecule has 2 rings (SSSR count). The van der Waals surface area contributed by atoms with Crippen molar-refractivity contribution in [3.05, 3.63) is 26.7 Å². The Morgan fingerprint density at radius 3 is 2.67 bits per heavy atom. The summed E-state index contributed by atoms with van der Waals surface area (Å²) in [6.07, 6.45) is 0. The highest BCUT2D eigenvalue weighted by atomic mass is 79.9. The maximum absolute atomic E-state index is 11.2. The maximum atomic E-state index is 11.2. The van der Waals surface area contributed by atoms with Gasteiger partial charge in [0.15, 0.2) is 0 Å². The predicted octanol–water partition coefficient (Wildman–Crippen LogP) is 1.78. The van der Waals surface area contributed by atoms with Gasteiger partial charge in [-0.05, 0) is 22.0 Å². The number of nitro groups is 1. The molecule has 1 aliphatic rings. The van der Waals surface area contributed by atoms with Crippen molar-refractivity contribution in [2.24, 2.45) is 0 Å². The molecule has 1 heterocycles. The Morgan fingerprint density at radius 2 is 2.11 bits per heavy atom. The van der Waals surface area contributed by atoms with Crippen LogP contribution in [-0.4, -0.2) is 38.2 Å².